The lowest BCUT2D eigenvalue weighted by molar-refractivity contribution is -0.144. The zero-order valence-electron chi connectivity index (χ0n) is 11.4. The number of unbranched alkanes of at least 4 members (excludes halogenated alkanes) is 1. The van der Waals surface area contributed by atoms with Crippen LogP contribution >= 0.6 is 0 Å². The fourth-order valence-corrected chi connectivity index (χ4v) is 1.45. The predicted octanol–water partition coefficient (Wildman–Crippen LogP) is 2.06. The lowest BCUT2D eigenvalue weighted by Crippen LogP contribution is -2.14. The quantitative estimate of drug-likeness (QED) is 0.380. The number of carboxylic acids is 1. The monoisotopic (exact) mass is 270 g/mol. The van der Waals surface area contributed by atoms with Crippen LogP contribution in [0, 0.1) is 0 Å². The molecule has 0 aromatic carbocycles. The second-order valence-corrected chi connectivity index (χ2v) is 4.22. The number of hydrogen-bond acceptors (Lipinski definition) is 4. The molecule has 0 aliphatic rings. The number of hydrogen-bond donors (Lipinski definition) is 2. The molecule has 5 heteroatoms. The highest BCUT2D eigenvalue weighted by atomic mass is 16.5. The Hall–Kier alpha value is -1.62. The zero-order valence-corrected chi connectivity index (χ0v) is 11.4. The number of carbonyl (C=O) groups is 2. The van der Waals surface area contributed by atoms with Crippen LogP contribution in [0.5, 0.6) is 0 Å². The highest BCUT2D eigenvalue weighted by Gasteiger charge is 2.08. The van der Waals surface area contributed by atoms with E-state index in [0.717, 1.165) is 18.9 Å². The van der Waals surface area contributed by atoms with Crippen molar-refractivity contribution in [2.45, 2.75) is 51.7 Å². The van der Waals surface area contributed by atoms with Crippen molar-refractivity contribution < 1.29 is 24.5 Å². The van der Waals surface area contributed by atoms with Crippen molar-refractivity contribution in [2.75, 3.05) is 0 Å². The molecule has 0 aliphatic carbocycles. The number of rotatable bonds is 9. The van der Waals surface area contributed by atoms with Gasteiger partial charge < -0.3 is 14.9 Å². The van der Waals surface area contributed by atoms with Gasteiger partial charge >= 0.3 is 11.9 Å². The average Bonchev–Trinajstić information content (AvgIpc) is 2.31. The number of carboxylic acid groups (broad SMARTS) is 1. The molecule has 2 N–H and O–H groups in total. The molecule has 19 heavy (non-hydrogen) atoms. The molecule has 0 bridgehead atoms. The van der Waals surface area contributed by atoms with Gasteiger partial charge in [-0.3, -0.25) is 4.79 Å². The highest BCUT2D eigenvalue weighted by molar-refractivity contribution is 5.79. The van der Waals surface area contributed by atoms with Crippen LogP contribution in [-0.2, 0) is 14.3 Å². The first kappa shape index (κ1) is 17.4. The minimum atomic E-state index is -1.04. The molecule has 0 rings (SSSR count). The van der Waals surface area contributed by atoms with Crippen molar-refractivity contribution in [1.82, 2.24) is 0 Å². The summed E-state index contributed by atoms with van der Waals surface area (Å²) in [5.41, 5.74) is 0. The zero-order chi connectivity index (χ0) is 14.7. The fourth-order valence-electron chi connectivity index (χ4n) is 1.45. The maximum atomic E-state index is 10.9. The molecular weight excluding hydrogens is 248 g/mol. The van der Waals surface area contributed by atoms with Gasteiger partial charge in [-0.1, -0.05) is 25.5 Å². The smallest absolute Gasteiger partial charge is 0.327 e. The van der Waals surface area contributed by atoms with Gasteiger partial charge in [-0.25, -0.2) is 4.79 Å². The molecule has 108 valence electrons. The summed E-state index contributed by atoms with van der Waals surface area (Å²) in [6, 6.07) is 0. The maximum Gasteiger partial charge on any atom is 0.327 e. The van der Waals surface area contributed by atoms with Crippen LogP contribution in [0.3, 0.4) is 0 Å². The number of esters is 1. The van der Waals surface area contributed by atoms with Crippen LogP contribution in [0.25, 0.3) is 0 Å². The molecule has 0 aliphatic heterocycles. The summed E-state index contributed by atoms with van der Waals surface area (Å²) in [5.74, 6) is -1.40. The fraction of sp³-hybridized carbons (Fsp3) is 0.571. The Morgan fingerprint density at radius 3 is 2.53 bits per heavy atom. The molecule has 0 saturated carbocycles. The Bertz CT molecular complexity index is 333. The molecule has 0 spiro atoms. The maximum absolute atomic E-state index is 10.9. The van der Waals surface area contributed by atoms with E-state index in [2.05, 4.69) is 0 Å². The number of ether oxygens (including phenoxy) is 1. The molecule has 0 heterocycles. The van der Waals surface area contributed by atoms with Crippen LogP contribution in [0.15, 0.2) is 24.3 Å². The summed E-state index contributed by atoms with van der Waals surface area (Å²) in [6.07, 6.45) is 7.26. The minimum absolute atomic E-state index is 0.212. The Morgan fingerprint density at radius 1 is 1.32 bits per heavy atom. The molecule has 5 nitrogen and oxygen atoms in total. The van der Waals surface area contributed by atoms with Gasteiger partial charge in [0.1, 0.15) is 6.10 Å². The summed E-state index contributed by atoms with van der Waals surface area (Å²) in [7, 11) is 0. The van der Waals surface area contributed by atoms with Crippen molar-refractivity contribution in [3.8, 4) is 0 Å². The van der Waals surface area contributed by atoms with E-state index in [9.17, 15) is 14.7 Å². The van der Waals surface area contributed by atoms with Crippen LogP contribution in [0.4, 0.5) is 0 Å². The van der Waals surface area contributed by atoms with Gasteiger partial charge in [0.05, 0.1) is 6.10 Å². The molecule has 2 atom stereocenters. The summed E-state index contributed by atoms with van der Waals surface area (Å²) >= 11 is 0. The third-order valence-electron chi connectivity index (χ3n) is 2.35. The van der Waals surface area contributed by atoms with Crippen LogP contribution < -0.4 is 0 Å². The van der Waals surface area contributed by atoms with Gasteiger partial charge in [-0.15, -0.1) is 0 Å². The van der Waals surface area contributed by atoms with Crippen molar-refractivity contribution in [3.63, 3.8) is 0 Å². The largest absolute Gasteiger partial charge is 0.478 e. The first-order valence-electron chi connectivity index (χ1n) is 6.38. The Balaban J connectivity index is 4.26. The van der Waals surface area contributed by atoms with Crippen molar-refractivity contribution in [3.05, 3.63) is 24.3 Å². The highest BCUT2D eigenvalue weighted by Crippen LogP contribution is 2.08. The van der Waals surface area contributed by atoms with E-state index >= 15 is 0 Å². The molecule has 0 fully saturated rings. The number of aliphatic hydroxyl groups is 1. The lowest BCUT2D eigenvalue weighted by atomic mass is 10.1. The Kier molecular flexibility index (Phi) is 9.44. The normalized spacial score (nSPS) is 14.7. The molecule has 0 saturated heterocycles. The number of aliphatic hydroxyl groups excluding tert-OH is 1. The molecule has 0 aromatic heterocycles. The average molecular weight is 270 g/mol. The predicted molar refractivity (Wildman–Crippen MR) is 71.6 cm³/mol. The van der Waals surface area contributed by atoms with E-state index in [1.807, 2.05) is 6.92 Å². The summed E-state index contributed by atoms with van der Waals surface area (Å²) in [5, 5.41) is 18.0. The van der Waals surface area contributed by atoms with Crippen LogP contribution in [0.2, 0.25) is 0 Å². The van der Waals surface area contributed by atoms with E-state index < -0.39 is 12.1 Å². The first-order chi connectivity index (χ1) is 8.95. The minimum Gasteiger partial charge on any atom is -0.478 e. The standard InChI is InChI=1S/C14H22O5/c1-3-4-7-13(19-11(2)15)10-9-12(16)6-5-8-14(17)18/h5,8-10,12-13,16H,3-4,6-7H2,1-2H3,(H,17,18). The molecular formula is C14H22O5. The van der Waals surface area contributed by atoms with Gasteiger partial charge in [0.25, 0.3) is 0 Å². The first-order valence-corrected chi connectivity index (χ1v) is 6.38. The topological polar surface area (TPSA) is 83.8 Å². The third-order valence-corrected chi connectivity index (χ3v) is 2.35. The van der Waals surface area contributed by atoms with Gasteiger partial charge in [-0.05, 0) is 25.3 Å². The SMILES string of the molecule is CCCCC(C=CC(O)CC=CC(=O)O)OC(C)=O. The van der Waals surface area contributed by atoms with Gasteiger partial charge in [0.15, 0.2) is 0 Å². The van der Waals surface area contributed by atoms with E-state index in [0.29, 0.717) is 6.42 Å². The van der Waals surface area contributed by atoms with Crippen molar-refractivity contribution in [2.24, 2.45) is 0 Å². The third kappa shape index (κ3) is 11.2. The van der Waals surface area contributed by atoms with E-state index in [-0.39, 0.29) is 18.5 Å². The summed E-state index contributed by atoms with van der Waals surface area (Å²) in [6.45, 7) is 3.39. The molecule has 0 radical (unpaired) electrons. The Labute approximate surface area is 113 Å². The van der Waals surface area contributed by atoms with Crippen LogP contribution in [0.1, 0.15) is 39.5 Å². The second kappa shape index (κ2) is 10.3. The second-order valence-electron chi connectivity index (χ2n) is 4.22. The van der Waals surface area contributed by atoms with Gasteiger partial charge in [0, 0.05) is 13.0 Å². The molecule has 0 amide bonds. The number of aliphatic carboxylic acids is 1. The van der Waals surface area contributed by atoms with E-state index in [1.165, 1.54) is 19.1 Å². The van der Waals surface area contributed by atoms with Crippen LogP contribution in [-0.4, -0.2) is 34.4 Å². The van der Waals surface area contributed by atoms with Gasteiger partial charge in [-0.2, -0.15) is 0 Å². The summed E-state index contributed by atoms with van der Waals surface area (Å²) < 4.78 is 5.10. The molecule has 2 unspecified atom stereocenters. The van der Waals surface area contributed by atoms with Gasteiger partial charge in [0.2, 0.25) is 0 Å². The van der Waals surface area contributed by atoms with Crippen molar-refractivity contribution >= 4 is 11.9 Å². The summed E-state index contributed by atoms with van der Waals surface area (Å²) in [4.78, 5) is 21.2. The lowest BCUT2D eigenvalue weighted by Gasteiger charge is -2.13. The molecule has 0 aromatic rings. The Morgan fingerprint density at radius 2 is 2.00 bits per heavy atom. The van der Waals surface area contributed by atoms with Crippen molar-refractivity contribution in [1.29, 1.82) is 0 Å². The van der Waals surface area contributed by atoms with E-state index in [1.54, 1.807) is 6.08 Å². The van der Waals surface area contributed by atoms with E-state index in [4.69, 9.17) is 9.84 Å². The number of carbonyl (C=O) groups excluding carboxylic acids is 1.